The van der Waals surface area contributed by atoms with Gasteiger partial charge in [0.2, 0.25) is 0 Å². The molecule has 1 heterocycles. The number of para-hydroxylation sites is 1. The third kappa shape index (κ3) is 3.06. The maximum Gasteiger partial charge on any atom is 0.342 e. The summed E-state index contributed by atoms with van der Waals surface area (Å²) in [6, 6.07) is 19.6. The van der Waals surface area contributed by atoms with Crippen molar-refractivity contribution in [1.82, 2.24) is 4.57 Å². The van der Waals surface area contributed by atoms with E-state index in [1.807, 2.05) is 54.6 Å². The number of esters is 2. The Kier molecular flexibility index (Phi) is 5.14. The van der Waals surface area contributed by atoms with Crippen LogP contribution in [-0.2, 0) is 16.0 Å². The first kappa shape index (κ1) is 19.5. The van der Waals surface area contributed by atoms with E-state index in [-0.39, 0.29) is 16.9 Å². The van der Waals surface area contributed by atoms with E-state index in [0.717, 1.165) is 27.4 Å². The third-order valence-electron chi connectivity index (χ3n) is 5.19. The van der Waals surface area contributed by atoms with Crippen molar-refractivity contribution in [3.63, 3.8) is 0 Å². The first-order chi connectivity index (χ1) is 14.6. The number of benzene rings is 3. The van der Waals surface area contributed by atoms with Crippen molar-refractivity contribution in [2.45, 2.75) is 6.54 Å². The van der Waals surface area contributed by atoms with Crippen molar-refractivity contribution in [1.29, 1.82) is 0 Å². The number of rotatable bonds is 5. The van der Waals surface area contributed by atoms with Gasteiger partial charge in [0, 0.05) is 22.8 Å². The number of hydrogen-bond acceptors (Lipinski definition) is 5. The average Bonchev–Trinajstić information content (AvgIpc) is 3.11. The highest BCUT2D eigenvalue weighted by atomic mass is 16.5. The molecule has 4 aromatic rings. The lowest BCUT2D eigenvalue weighted by molar-refractivity contribution is 0.0552. The zero-order valence-corrected chi connectivity index (χ0v) is 17.0. The molecular formula is C24H21NO5. The molecule has 0 N–H and O–H groups in total. The molecule has 0 aliphatic carbocycles. The Morgan fingerprint density at radius 2 is 1.50 bits per heavy atom. The van der Waals surface area contributed by atoms with Gasteiger partial charge >= 0.3 is 11.9 Å². The molecule has 0 unspecified atom stereocenters. The summed E-state index contributed by atoms with van der Waals surface area (Å²) in [4.78, 5) is 25.2. The summed E-state index contributed by atoms with van der Waals surface area (Å²) < 4.78 is 17.7. The highest BCUT2D eigenvalue weighted by Crippen LogP contribution is 2.40. The number of carbonyl (C=O) groups excluding carboxylic acids is 2. The summed E-state index contributed by atoms with van der Waals surface area (Å²) in [6.07, 6.45) is 0. The molecule has 30 heavy (non-hydrogen) atoms. The highest BCUT2D eigenvalue weighted by Gasteiger charge is 2.29. The van der Waals surface area contributed by atoms with Gasteiger partial charge in [0.1, 0.15) is 5.56 Å². The summed E-state index contributed by atoms with van der Waals surface area (Å²) >= 11 is 0. The Morgan fingerprint density at radius 3 is 2.17 bits per heavy atom. The van der Waals surface area contributed by atoms with Crippen molar-refractivity contribution >= 4 is 33.7 Å². The zero-order valence-electron chi connectivity index (χ0n) is 17.0. The fourth-order valence-corrected chi connectivity index (χ4v) is 3.88. The van der Waals surface area contributed by atoms with Gasteiger partial charge in [-0.2, -0.15) is 0 Å². The second-order valence-electron chi connectivity index (χ2n) is 6.80. The summed E-state index contributed by atoms with van der Waals surface area (Å²) in [5, 5.41) is 1.75. The lowest BCUT2D eigenvalue weighted by atomic mass is 10.0. The van der Waals surface area contributed by atoms with Crippen LogP contribution in [0.4, 0.5) is 0 Å². The summed E-state index contributed by atoms with van der Waals surface area (Å²) in [6.45, 7) is 0.569. The molecule has 0 atom stereocenters. The summed E-state index contributed by atoms with van der Waals surface area (Å²) in [7, 11) is 4.03. The molecule has 1 aromatic heterocycles. The topological polar surface area (TPSA) is 66.8 Å². The molecule has 0 saturated heterocycles. The Hall–Kier alpha value is -3.80. The van der Waals surface area contributed by atoms with Gasteiger partial charge in [-0.1, -0.05) is 48.5 Å². The van der Waals surface area contributed by atoms with Crippen molar-refractivity contribution < 1.29 is 23.8 Å². The van der Waals surface area contributed by atoms with Crippen LogP contribution in [0.5, 0.6) is 5.75 Å². The van der Waals surface area contributed by atoms with E-state index in [0.29, 0.717) is 6.54 Å². The number of nitrogens with zero attached hydrogens (tertiary/aromatic N) is 1. The number of ether oxygens (including phenoxy) is 3. The van der Waals surface area contributed by atoms with E-state index in [1.54, 1.807) is 6.07 Å². The lowest BCUT2D eigenvalue weighted by Crippen LogP contribution is -2.14. The number of aromatic nitrogens is 1. The molecule has 0 fully saturated rings. The van der Waals surface area contributed by atoms with Gasteiger partial charge < -0.3 is 18.8 Å². The van der Waals surface area contributed by atoms with Crippen LogP contribution in [0.2, 0.25) is 0 Å². The van der Waals surface area contributed by atoms with Crippen LogP contribution < -0.4 is 4.74 Å². The minimum atomic E-state index is -0.661. The fourth-order valence-electron chi connectivity index (χ4n) is 3.88. The Balaban J connectivity index is 2.15. The number of hydrogen-bond donors (Lipinski definition) is 0. The van der Waals surface area contributed by atoms with Crippen LogP contribution in [0.25, 0.3) is 21.8 Å². The Labute approximate surface area is 173 Å². The van der Waals surface area contributed by atoms with Crippen molar-refractivity contribution in [3.8, 4) is 5.75 Å². The van der Waals surface area contributed by atoms with Crippen molar-refractivity contribution in [3.05, 3.63) is 77.4 Å². The second-order valence-corrected chi connectivity index (χ2v) is 6.80. The quantitative estimate of drug-likeness (QED) is 0.462. The first-order valence-electron chi connectivity index (χ1n) is 9.43. The van der Waals surface area contributed by atoms with Gasteiger partial charge in [-0.05, 0) is 17.7 Å². The number of methoxy groups -OCH3 is 3. The molecule has 4 rings (SSSR count). The summed E-state index contributed by atoms with van der Waals surface area (Å²) in [5.41, 5.74) is 2.94. The predicted molar refractivity (Wildman–Crippen MR) is 114 cm³/mol. The van der Waals surface area contributed by atoms with Crippen molar-refractivity contribution in [2.75, 3.05) is 21.3 Å². The van der Waals surface area contributed by atoms with Gasteiger partial charge in [0.25, 0.3) is 0 Å². The van der Waals surface area contributed by atoms with E-state index >= 15 is 0 Å². The molecule has 0 amide bonds. The van der Waals surface area contributed by atoms with Gasteiger partial charge in [0.15, 0.2) is 5.75 Å². The second kappa shape index (κ2) is 7.91. The van der Waals surface area contributed by atoms with Crippen LogP contribution in [0, 0.1) is 0 Å². The minimum absolute atomic E-state index is 0.0523. The maximum absolute atomic E-state index is 12.6. The molecule has 152 valence electrons. The van der Waals surface area contributed by atoms with E-state index in [4.69, 9.17) is 14.2 Å². The van der Waals surface area contributed by atoms with E-state index in [2.05, 4.69) is 4.57 Å². The minimum Gasteiger partial charge on any atom is -0.494 e. The maximum atomic E-state index is 12.6. The third-order valence-corrected chi connectivity index (χ3v) is 5.19. The summed E-state index contributed by atoms with van der Waals surface area (Å²) in [5.74, 6) is -1.01. The zero-order chi connectivity index (χ0) is 21.3. The molecule has 0 radical (unpaired) electrons. The lowest BCUT2D eigenvalue weighted by Gasteiger charge is -2.15. The highest BCUT2D eigenvalue weighted by molar-refractivity contribution is 6.17. The molecule has 6 heteroatoms. The molecule has 0 aliphatic rings. The largest absolute Gasteiger partial charge is 0.494 e. The standard InChI is InChI=1S/C24H21NO5/c1-28-22-20(24(27)30-3)18(23(26)29-2)13-17-16-11-7-8-12-19(16)25(21(17)22)14-15-9-5-4-6-10-15/h4-13H,14H2,1-3H3. The van der Waals surface area contributed by atoms with Crippen LogP contribution >= 0.6 is 0 Å². The molecule has 0 bridgehead atoms. The molecule has 0 spiro atoms. The SMILES string of the molecule is COC(=O)c1cc2c3ccccc3n(Cc3ccccc3)c2c(OC)c1C(=O)OC. The van der Waals surface area contributed by atoms with Crippen molar-refractivity contribution in [2.24, 2.45) is 0 Å². The monoisotopic (exact) mass is 403 g/mol. The molecule has 0 aliphatic heterocycles. The number of fused-ring (bicyclic) bond motifs is 3. The van der Waals surface area contributed by atoms with E-state index in [1.165, 1.54) is 21.3 Å². The van der Waals surface area contributed by atoms with Crippen LogP contribution in [0.15, 0.2) is 60.7 Å². The van der Waals surface area contributed by atoms with Crippen LogP contribution in [0.1, 0.15) is 26.3 Å². The van der Waals surface area contributed by atoms with Crippen LogP contribution in [0.3, 0.4) is 0 Å². The predicted octanol–water partition coefficient (Wildman–Crippen LogP) is 4.42. The van der Waals surface area contributed by atoms with E-state index < -0.39 is 11.9 Å². The Bertz CT molecular complexity index is 1260. The molecule has 0 saturated carbocycles. The average molecular weight is 403 g/mol. The van der Waals surface area contributed by atoms with Gasteiger partial charge in [-0.3, -0.25) is 0 Å². The molecule has 3 aromatic carbocycles. The van der Waals surface area contributed by atoms with Gasteiger partial charge in [-0.15, -0.1) is 0 Å². The first-order valence-corrected chi connectivity index (χ1v) is 9.43. The van der Waals surface area contributed by atoms with Crippen LogP contribution in [-0.4, -0.2) is 37.8 Å². The normalized spacial score (nSPS) is 10.9. The van der Waals surface area contributed by atoms with E-state index in [9.17, 15) is 9.59 Å². The smallest absolute Gasteiger partial charge is 0.342 e. The van der Waals surface area contributed by atoms with Gasteiger partial charge in [-0.25, -0.2) is 9.59 Å². The number of carbonyl (C=O) groups is 2. The molecular weight excluding hydrogens is 382 g/mol. The fraction of sp³-hybridized carbons (Fsp3) is 0.167. The van der Waals surface area contributed by atoms with Gasteiger partial charge in [0.05, 0.1) is 32.4 Å². The Morgan fingerprint density at radius 1 is 0.833 bits per heavy atom. The molecule has 6 nitrogen and oxygen atoms in total.